The summed E-state index contributed by atoms with van der Waals surface area (Å²) in [5.41, 5.74) is 1.99. The summed E-state index contributed by atoms with van der Waals surface area (Å²) in [6.45, 7) is 2.08. The molecule has 0 fully saturated rings. The van der Waals surface area contributed by atoms with Crippen molar-refractivity contribution in [2.24, 2.45) is 0 Å². The Labute approximate surface area is 146 Å². The van der Waals surface area contributed by atoms with Gasteiger partial charge in [0.05, 0.1) is 4.47 Å². The van der Waals surface area contributed by atoms with Gasteiger partial charge < -0.3 is 10.1 Å². The number of carbonyl (C=O) groups excluding carboxylic acids is 1. The number of halogens is 2. The Kier molecular flexibility index (Phi) is 6.05. The molecule has 2 rings (SSSR count). The maximum atomic E-state index is 11.9. The monoisotopic (exact) mass is 459 g/mol. The summed E-state index contributed by atoms with van der Waals surface area (Å²) in [4.78, 5) is 11.9. The van der Waals surface area contributed by atoms with Crippen LogP contribution in [0.15, 0.2) is 46.9 Å². The number of amides is 1. The van der Waals surface area contributed by atoms with Crippen molar-refractivity contribution in [1.82, 2.24) is 0 Å². The van der Waals surface area contributed by atoms with Gasteiger partial charge in [-0.15, -0.1) is 0 Å². The summed E-state index contributed by atoms with van der Waals surface area (Å²) in [5, 5.41) is 2.80. The van der Waals surface area contributed by atoms with E-state index in [0.717, 1.165) is 20.2 Å². The van der Waals surface area contributed by atoms with E-state index in [4.69, 9.17) is 4.74 Å². The molecule has 0 saturated carbocycles. The second-order valence-electron chi connectivity index (χ2n) is 4.46. The molecule has 21 heavy (non-hydrogen) atoms. The fourth-order valence-corrected chi connectivity index (χ4v) is 2.66. The molecular weight excluding hydrogens is 445 g/mol. The largest absolute Gasteiger partial charge is 0.483 e. The molecule has 2 aromatic carbocycles. The first-order valence-electron chi connectivity index (χ1n) is 6.55. The SMILES string of the molecule is CCc1ccc(OCC(=O)Nc2ccc(I)cc2)c(Br)c1. The number of anilines is 1. The molecule has 0 heterocycles. The summed E-state index contributed by atoms with van der Waals surface area (Å²) in [7, 11) is 0. The van der Waals surface area contributed by atoms with Gasteiger partial charge in [-0.3, -0.25) is 4.79 Å². The lowest BCUT2D eigenvalue weighted by molar-refractivity contribution is -0.118. The van der Waals surface area contributed by atoms with Crippen LogP contribution in [0.4, 0.5) is 5.69 Å². The van der Waals surface area contributed by atoms with Gasteiger partial charge in [0.15, 0.2) is 6.61 Å². The van der Waals surface area contributed by atoms with Crippen LogP contribution in [0, 0.1) is 3.57 Å². The number of carbonyl (C=O) groups is 1. The fraction of sp³-hybridized carbons (Fsp3) is 0.188. The van der Waals surface area contributed by atoms with Crippen LogP contribution in [0.25, 0.3) is 0 Å². The average Bonchev–Trinajstić information content (AvgIpc) is 2.48. The maximum absolute atomic E-state index is 11.9. The Balaban J connectivity index is 1.90. The molecule has 2 aromatic rings. The summed E-state index contributed by atoms with van der Waals surface area (Å²) in [5.74, 6) is 0.493. The molecule has 3 nitrogen and oxygen atoms in total. The molecule has 1 N–H and O–H groups in total. The second-order valence-corrected chi connectivity index (χ2v) is 6.56. The van der Waals surface area contributed by atoms with Crippen molar-refractivity contribution in [3.8, 4) is 5.75 Å². The number of aryl methyl sites for hydroxylation is 1. The Bertz CT molecular complexity index is 629. The van der Waals surface area contributed by atoms with Crippen LogP contribution in [-0.4, -0.2) is 12.5 Å². The number of hydrogen-bond donors (Lipinski definition) is 1. The highest BCUT2D eigenvalue weighted by molar-refractivity contribution is 14.1. The predicted molar refractivity (Wildman–Crippen MR) is 96.8 cm³/mol. The van der Waals surface area contributed by atoms with Crippen molar-refractivity contribution in [1.29, 1.82) is 0 Å². The Morgan fingerprint density at radius 1 is 1.24 bits per heavy atom. The Morgan fingerprint density at radius 3 is 2.57 bits per heavy atom. The smallest absolute Gasteiger partial charge is 0.262 e. The van der Waals surface area contributed by atoms with Crippen LogP contribution in [0.5, 0.6) is 5.75 Å². The van der Waals surface area contributed by atoms with Crippen LogP contribution in [-0.2, 0) is 11.2 Å². The summed E-state index contributed by atoms with van der Waals surface area (Å²) < 4.78 is 7.53. The van der Waals surface area contributed by atoms with Crippen molar-refractivity contribution in [3.63, 3.8) is 0 Å². The third-order valence-corrected chi connectivity index (χ3v) is 4.23. The molecule has 0 saturated heterocycles. The topological polar surface area (TPSA) is 38.3 Å². The van der Waals surface area contributed by atoms with Gasteiger partial charge in [-0.1, -0.05) is 13.0 Å². The van der Waals surface area contributed by atoms with E-state index in [-0.39, 0.29) is 12.5 Å². The van der Waals surface area contributed by atoms with E-state index in [0.29, 0.717) is 5.75 Å². The first-order valence-corrected chi connectivity index (χ1v) is 8.42. The quantitative estimate of drug-likeness (QED) is 0.662. The molecule has 0 aliphatic heterocycles. The van der Waals surface area contributed by atoms with E-state index in [9.17, 15) is 4.79 Å². The van der Waals surface area contributed by atoms with Gasteiger partial charge >= 0.3 is 0 Å². The van der Waals surface area contributed by atoms with Crippen molar-refractivity contribution < 1.29 is 9.53 Å². The highest BCUT2D eigenvalue weighted by Gasteiger charge is 2.06. The van der Waals surface area contributed by atoms with Gasteiger partial charge in [-0.05, 0) is 86.9 Å². The lowest BCUT2D eigenvalue weighted by Gasteiger charge is -2.10. The van der Waals surface area contributed by atoms with Crippen LogP contribution in [0.3, 0.4) is 0 Å². The molecular formula is C16H15BrINO2. The van der Waals surface area contributed by atoms with Crippen LogP contribution in [0.1, 0.15) is 12.5 Å². The van der Waals surface area contributed by atoms with Gasteiger partial charge in [0.2, 0.25) is 0 Å². The zero-order chi connectivity index (χ0) is 15.2. The van der Waals surface area contributed by atoms with E-state index in [1.807, 2.05) is 42.5 Å². The van der Waals surface area contributed by atoms with Gasteiger partial charge in [0.25, 0.3) is 5.91 Å². The molecule has 0 unspecified atom stereocenters. The third kappa shape index (κ3) is 5.00. The molecule has 0 aromatic heterocycles. The van der Waals surface area contributed by atoms with Gasteiger partial charge in [0, 0.05) is 9.26 Å². The zero-order valence-corrected chi connectivity index (χ0v) is 15.3. The molecule has 0 aliphatic carbocycles. The Morgan fingerprint density at radius 2 is 1.95 bits per heavy atom. The molecule has 110 valence electrons. The molecule has 0 aliphatic rings. The number of nitrogens with one attached hydrogen (secondary N) is 1. The lowest BCUT2D eigenvalue weighted by Crippen LogP contribution is -2.20. The minimum Gasteiger partial charge on any atom is -0.483 e. The van der Waals surface area contributed by atoms with E-state index >= 15 is 0 Å². The fourth-order valence-electron chi connectivity index (χ4n) is 1.75. The molecule has 0 radical (unpaired) electrons. The highest BCUT2D eigenvalue weighted by Crippen LogP contribution is 2.26. The van der Waals surface area contributed by atoms with Gasteiger partial charge in [-0.2, -0.15) is 0 Å². The number of ether oxygens (including phenoxy) is 1. The van der Waals surface area contributed by atoms with Crippen molar-refractivity contribution in [2.45, 2.75) is 13.3 Å². The summed E-state index contributed by atoms with van der Waals surface area (Å²) in [6.07, 6.45) is 0.964. The van der Waals surface area contributed by atoms with Crippen molar-refractivity contribution >= 4 is 50.1 Å². The highest BCUT2D eigenvalue weighted by atomic mass is 127. The third-order valence-electron chi connectivity index (χ3n) is 2.89. The number of rotatable bonds is 5. The molecule has 5 heteroatoms. The van der Waals surface area contributed by atoms with Gasteiger partial charge in [0.1, 0.15) is 5.75 Å². The minimum absolute atomic E-state index is 0.0178. The summed E-state index contributed by atoms with van der Waals surface area (Å²) >= 11 is 5.68. The first kappa shape index (κ1) is 16.3. The molecule has 1 amide bonds. The van der Waals surface area contributed by atoms with E-state index in [1.54, 1.807) is 0 Å². The van der Waals surface area contributed by atoms with E-state index in [1.165, 1.54) is 5.56 Å². The van der Waals surface area contributed by atoms with Crippen molar-refractivity contribution in [3.05, 3.63) is 56.1 Å². The maximum Gasteiger partial charge on any atom is 0.262 e. The van der Waals surface area contributed by atoms with Crippen LogP contribution >= 0.6 is 38.5 Å². The minimum atomic E-state index is -0.178. The normalized spacial score (nSPS) is 10.2. The molecule has 0 spiro atoms. The average molecular weight is 460 g/mol. The molecule has 0 atom stereocenters. The van der Waals surface area contributed by atoms with Crippen molar-refractivity contribution in [2.75, 3.05) is 11.9 Å². The molecule has 0 bridgehead atoms. The standard InChI is InChI=1S/C16H15BrINO2/c1-2-11-3-8-15(14(17)9-11)21-10-16(20)19-13-6-4-12(18)5-7-13/h3-9H,2,10H2,1H3,(H,19,20). The predicted octanol–water partition coefficient (Wildman–Crippen LogP) is 4.63. The van der Waals surface area contributed by atoms with E-state index < -0.39 is 0 Å². The van der Waals surface area contributed by atoms with Gasteiger partial charge in [-0.25, -0.2) is 0 Å². The number of benzene rings is 2. The first-order chi connectivity index (χ1) is 10.1. The Hall–Kier alpha value is -1.08. The van der Waals surface area contributed by atoms with Crippen LogP contribution in [0.2, 0.25) is 0 Å². The summed E-state index contributed by atoms with van der Waals surface area (Å²) in [6, 6.07) is 13.5. The van der Waals surface area contributed by atoms with E-state index in [2.05, 4.69) is 50.8 Å². The zero-order valence-electron chi connectivity index (χ0n) is 11.5. The lowest BCUT2D eigenvalue weighted by atomic mass is 10.2. The second kappa shape index (κ2) is 7.79. The number of hydrogen-bond acceptors (Lipinski definition) is 2. The van der Waals surface area contributed by atoms with Crippen LogP contribution < -0.4 is 10.1 Å².